The summed E-state index contributed by atoms with van der Waals surface area (Å²) in [5.41, 5.74) is 8.00. The van der Waals surface area contributed by atoms with Gasteiger partial charge in [0, 0.05) is 64.0 Å². The number of benzene rings is 2. The van der Waals surface area contributed by atoms with E-state index in [1.165, 1.54) is 22.4 Å². The normalized spacial score (nSPS) is 16.0. The van der Waals surface area contributed by atoms with Crippen molar-refractivity contribution in [3.05, 3.63) is 90.0 Å². The van der Waals surface area contributed by atoms with Crippen molar-refractivity contribution in [2.24, 2.45) is 0 Å². The zero-order chi connectivity index (χ0) is 22.2. The van der Waals surface area contributed by atoms with Gasteiger partial charge in [0.15, 0.2) is 0 Å². The molecule has 0 unspecified atom stereocenters. The van der Waals surface area contributed by atoms with Gasteiger partial charge in [-0.3, -0.25) is 0 Å². The number of rotatable bonds is 4. The van der Waals surface area contributed by atoms with Gasteiger partial charge in [0.2, 0.25) is 0 Å². The predicted molar refractivity (Wildman–Crippen MR) is 138 cm³/mol. The predicted octanol–water partition coefficient (Wildman–Crippen LogP) is 5.00. The van der Waals surface area contributed by atoms with Crippen LogP contribution in [0.25, 0.3) is 16.5 Å². The van der Waals surface area contributed by atoms with Gasteiger partial charge in [-0.1, -0.05) is 18.2 Å². The fraction of sp³-hybridized carbons (Fsp3) is 0.222. The molecule has 168 valence electrons. The van der Waals surface area contributed by atoms with E-state index < -0.39 is 0 Å². The highest BCUT2D eigenvalue weighted by Gasteiger charge is 2.18. The van der Waals surface area contributed by atoms with Crippen LogP contribution in [0.2, 0.25) is 0 Å². The first-order valence-corrected chi connectivity index (χ1v) is 11.4. The van der Waals surface area contributed by atoms with Crippen molar-refractivity contribution in [1.29, 1.82) is 0 Å². The third-order valence-electron chi connectivity index (χ3n) is 6.57. The lowest BCUT2D eigenvalue weighted by molar-refractivity contribution is 0.313. The van der Waals surface area contributed by atoms with Crippen LogP contribution < -0.4 is 10.2 Å². The van der Waals surface area contributed by atoms with Crippen molar-refractivity contribution in [3.8, 4) is 0 Å². The monoisotopic (exact) mass is 438 g/mol. The number of fused-ring (bicyclic) bond motifs is 2. The van der Waals surface area contributed by atoms with Gasteiger partial charge in [-0.15, -0.1) is 0 Å². The first kappa shape index (κ1) is 19.9. The zero-order valence-corrected chi connectivity index (χ0v) is 18.7. The number of aromatic nitrogens is 3. The van der Waals surface area contributed by atoms with Crippen molar-refractivity contribution in [1.82, 2.24) is 19.9 Å². The quantitative estimate of drug-likeness (QED) is 0.484. The summed E-state index contributed by atoms with van der Waals surface area (Å²) in [6.07, 6.45) is 6.56. The molecular formula is C27H30N6. The minimum Gasteiger partial charge on any atom is -0.369 e. The highest BCUT2D eigenvalue weighted by Crippen LogP contribution is 2.34. The van der Waals surface area contributed by atoms with Crippen LogP contribution in [0.3, 0.4) is 0 Å². The third-order valence-corrected chi connectivity index (χ3v) is 6.57. The minimum absolute atomic E-state index is 0. The molecular weight excluding hydrogens is 408 g/mol. The van der Waals surface area contributed by atoms with E-state index in [0.29, 0.717) is 0 Å². The molecule has 1 saturated heterocycles. The van der Waals surface area contributed by atoms with Gasteiger partial charge >= 0.3 is 0 Å². The molecule has 4 aromatic rings. The van der Waals surface area contributed by atoms with E-state index in [1.807, 2.05) is 6.20 Å². The Bertz CT molecular complexity index is 1360. The number of allylic oxidation sites excluding steroid dienone is 1. The Hall–Kier alpha value is -3.77. The molecule has 2 aromatic heterocycles. The molecule has 1 aliphatic heterocycles. The van der Waals surface area contributed by atoms with E-state index in [0.717, 1.165) is 60.7 Å². The summed E-state index contributed by atoms with van der Waals surface area (Å²) in [5.74, 6) is 0.880. The van der Waals surface area contributed by atoms with Crippen LogP contribution in [0.1, 0.15) is 19.7 Å². The van der Waals surface area contributed by atoms with Crippen LogP contribution in [0.4, 0.5) is 17.2 Å². The molecule has 2 aromatic carbocycles. The maximum atomic E-state index is 4.93. The summed E-state index contributed by atoms with van der Waals surface area (Å²) < 4.78 is 0. The first-order chi connectivity index (χ1) is 16.2. The summed E-state index contributed by atoms with van der Waals surface area (Å²) in [6, 6.07) is 19.2. The molecule has 0 amide bonds. The van der Waals surface area contributed by atoms with Crippen LogP contribution in [-0.4, -0.2) is 53.1 Å². The van der Waals surface area contributed by atoms with Gasteiger partial charge in [-0.05, 0) is 60.6 Å². The first-order valence-electron chi connectivity index (χ1n) is 11.4. The van der Waals surface area contributed by atoms with Crippen LogP contribution >= 0.6 is 0 Å². The van der Waals surface area contributed by atoms with Crippen LogP contribution in [-0.2, 0) is 6.42 Å². The molecule has 1 N–H and O–H groups in total. The van der Waals surface area contributed by atoms with Gasteiger partial charge in [-0.2, -0.15) is 0 Å². The number of likely N-dealkylation sites (N-methyl/N-ethyl adjacent to an activating group) is 1. The largest absolute Gasteiger partial charge is 0.369 e. The van der Waals surface area contributed by atoms with Gasteiger partial charge in [0.25, 0.3) is 0 Å². The maximum absolute atomic E-state index is 4.93. The third kappa shape index (κ3) is 3.94. The van der Waals surface area contributed by atoms with E-state index in [9.17, 15) is 0 Å². The molecule has 1 aliphatic carbocycles. The number of piperazine rings is 1. The average Bonchev–Trinajstić information content (AvgIpc) is 3.28. The Morgan fingerprint density at radius 3 is 2.79 bits per heavy atom. The Labute approximate surface area is 196 Å². The van der Waals surface area contributed by atoms with Crippen molar-refractivity contribution in [2.75, 3.05) is 43.4 Å². The van der Waals surface area contributed by atoms with Gasteiger partial charge in [-0.25, -0.2) is 15.0 Å². The molecule has 33 heavy (non-hydrogen) atoms. The fourth-order valence-corrected chi connectivity index (χ4v) is 4.70. The molecule has 0 atom stereocenters. The second-order valence-corrected chi connectivity index (χ2v) is 8.77. The molecule has 0 spiro atoms. The van der Waals surface area contributed by atoms with Crippen molar-refractivity contribution >= 4 is 33.7 Å². The zero-order valence-electron chi connectivity index (χ0n) is 18.7. The number of nitrogens with zero attached hydrogens (tertiary/aromatic N) is 5. The molecule has 6 heteroatoms. The van der Waals surface area contributed by atoms with Gasteiger partial charge in [0.05, 0.1) is 11.2 Å². The standard InChI is InChI=1S/C27H26N6.2H2/c1-32-11-13-33(14-12-32)22-4-2-3-21(16-22)30-27-10-7-24-23(6-9-26(24)31-27)19-5-8-25-20(15-19)17-28-18-29-25;;/h2-8,10,15-18H,9,11-14H2,1H3,(H,30,31);2*1H. The van der Waals surface area contributed by atoms with Crippen molar-refractivity contribution in [3.63, 3.8) is 0 Å². The highest BCUT2D eigenvalue weighted by molar-refractivity contribution is 5.89. The number of hydrogen-bond donors (Lipinski definition) is 1. The second kappa shape index (κ2) is 8.30. The van der Waals surface area contributed by atoms with Crippen molar-refractivity contribution < 1.29 is 2.85 Å². The van der Waals surface area contributed by atoms with E-state index in [4.69, 9.17) is 4.98 Å². The lowest BCUT2D eigenvalue weighted by Gasteiger charge is -2.34. The maximum Gasteiger partial charge on any atom is 0.130 e. The molecule has 0 saturated carbocycles. The Kier molecular flexibility index (Phi) is 5.00. The molecule has 1 fully saturated rings. The lowest BCUT2D eigenvalue weighted by atomic mass is 10.00. The average molecular weight is 439 g/mol. The molecule has 6 nitrogen and oxygen atoms in total. The summed E-state index contributed by atoms with van der Waals surface area (Å²) in [4.78, 5) is 18.2. The van der Waals surface area contributed by atoms with E-state index in [1.54, 1.807) is 6.33 Å². The SMILES string of the molecule is CN1CCN(c2cccc(Nc3ccc4c(n3)CC=C4c3ccc4ncncc4c3)c2)CC1.[HH].[HH]. The number of anilines is 3. The Balaban J connectivity index is 0.00000144. The van der Waals surface area contributed by atoms with E-state index >= 15 is 0 Å². The van der Waals surface area contributed by atoms with Gasteiger partial charge in [0.1, 0.15) is 12.1 Å². The number of pyridine rings is 1. The molecule has 6 rings (SSSR count). The lowest BCUT2D eigenvalue weighted by Crippen LogP contribution is -2.44. The molecule has 3 heterocycles. The molecule has 0 bridgehead atoms. The summed E-state index contributed by atoms with van der Waals surface area (Å²) >= 11 is 0. The molecule has 0 radical (unpaired) electrons. The topological polar surface area (TPSA) is 57.2 Å². The van der Waals surface area contributed by atoms with E-state index in [2.05, 4.69) is 92.8 Å². The highest BCUT2D eigenvalue weighted by atomic mass is 15.2. The Morgan fingerprint density at radius 2 is 1.88 bits per heavy atom. The van der Waals surface area contributed by atoms with E-state index in [-0.39, 0.29) is 2.85 Å². The minimum atomic E-state index is 0. The van der Waals surface area contributed by atoms with Crippen LogP contribution in [0.15, 0.2) is 73.2 Å². The van der Waals surface area contributed by atoms with Gasteiger partial charge < -0.3 is 15.1 Å². The number of nitrogens with one attached hydrogen (secondary N) is 1. The van der Waals surface area contributed by atoms with Crippen LogP contribution in [0.5, 0.6) is 0 Å². The molecule has 2 aliphatic rings. The summed E-state index contributed by atoms with van der Waals surface area (Å²) in [5, 5.41) is 4.56. The van der Waals surface area contributed by atoms with Crippen LogP contribution in [0, 0.1) is 0 Å². The Morgan fingerprint density at radius 1 is 0.970 bits per heavy atom. The number of hydrogen-bond acceptors (Lipinski definition) is 6. The fourth-order valence-electron chi connectivity index (χ4n) is 4.70. The summed E-state index contributed by atoms with van der Waals surface area (Å²) in [7, 11) is 2.18. The smallest absolute Gasteiger partial charge is 0.130 e. The van der Waals surface area contributed by atoms with Crippen molar-refractivity contribution in [2.45, 2.75) is 6.42 Å². The summed E-state index contributed by atoms with van der Waals surface area (Å²) in [6.45, 7) is 4.33. The second-order valence-electron chi connectivity index (χ2n) is 8.77.